The zero-order valence-electron chi connectivity index (χ0n) is 11.2. The highest BCUT2D eigenvalue weighted by atomic mass is 19.1. The number of carboxylic acids is 1. The highest BCUT2D eigenvalue weighted by molar-refractivity contribution is 5.99. The second-order valence-electron chi connectivity index (χ2n) is 4.67. The molecule has 22 heavy (non-hydrogen) atoms. The molecule has 0 bridgehead atoms. The first-order valence-corrected chi connectivity index (χ1v) is 6.43. The number of halogens is 2. The summed E-state index contributed by atoms with van der Waals surface area (Å²) in [5.74, 6) is -2.29. The van der Waals surface area contributed by atoms with Crippen LogP contribution in [0, 0.1) is 11.6 Å². The second kappa shape index (κ2) is 5.44. The zero-order valence-corrected chi connectivity index (χ0v) is 11.2. The predicted molar refractivity (Wildman–Crippen MR) is 76.5 cm³/mol. The summed E-state index contributed by atoms with van der Waals surface area (Å²) < 4.78 is 31.3. The van der Waals surface area contributed by atoms with Crippen LogP contribution in [0.4, 0.5) is 8.78 Å². The van der Waals surface area contributed by atoms with Gasteiger partial charge < -0.3 is 9.52 Å². The molecule has 0 unspecified atom stereocenters. The normalized spacial score (nSPS) is 10.6. The molecule has 1 aromatic heterocycles. The van der Waals surface area contributed by atoms with Crippen molar-refractivity contribution in [3.05, 3.63) is 72.2 Å². The van der Waals surface area contributed by atoms with E-state index in [-0.39, 0.29) is 5.76 Å². The van der Waals surface area contributed by atoms with Crippen LogP contribution in [0.15, 0.2) is 59.2 Å². The maximum atomic E-state index is 13.1. The Labute approximate surface area is 124 Å². The molecule has 2 aromatic carbocycles. The standard InChI is InChI=1S/C17H10F2O3/c18-12-5-1-10(2-6-12)14-9-22-16(17(20)21)15(14)11-3-7-13(19)8-4-11/h1-9H,(H,20,21). The Bertz CT molecular complexity index is 818. The Balaban J connectivity index is 2.21. The van der Waals surface area contributed by atoms with E-state index in [1.54, 1.807) is 0 Å². The third kappa shape index (κ3) is 2.48. The number of hydrogen-bond donors (Lipinski definition) is 1. The third-order valence-corrected chi connectivity index (χ3v) is 3.27. The van der Waals surface area contributed by atoms with Crippen LogP contribution in [-0.2, 0) is 0 Å². The topological polar surface area (TPSA) is 50.4 Å². The summed E-state index contributed by atoms with van der Waals surface area (Å²) >= 11 is 0. The molecule has 1 N–H and O–H groups in total. The fourth-order valence-corrected chi connectivity index (χ4v) is 2.26. The summed E-state index contributed by atoms with van der Waals surface area (Å²) in [6.45, 7) is 0. The number of rotatable bonds is 3. The summed E-state index contributed by atoms with van der Waals surface area (Å²) in [5, 5.41) is 9.26. The molecule has 5 heteroatoms. The van der Waals surface area contributed by atoms with Crippen molar-refractivity contribution >= 4 is 5.97 Å². The minimum Gasteiger partial charge on any atom is -0.475 e. The van der Waals surface area contributed by atoms with Gasteiger partial charge in [0.2, 0.25) is 5.76 Å². The van der Waals surface area contributed by atoms with E-state index in [4.69, 9.17) is 4.42 Å². The summed E-state index contributed by atoms with van der Waals surface area (Å²) in [5.41, 5.74) is 1.95. The van der Waals surface area contributed by atoms with Crippen LogP contribution in [0.3, 0.4) is 0 Å². The van der Waals surface area contributed by atoms with Gasteiger partial charge in [0, 0.05) is 11.1 Å². The molecule has 1 heterocycles. The van der Waals surface area contributed by atoms with E-state index in [9.17, 15) is 18.7 Å². The monoisotopic (exact) mass is 300 g/mol. The van der Waals surface area contributed by atoms with Gasteiger partial charge in [-0.2, -0.15) is 0 Å². The second-order valence-corrected chi connectivity index (χ2v) is 4.67. The number of furan rings is 1. The lowest BCUT2D eigenvalue weighted by Crippen LogP contribution is -1.97. The predicted octanol–water partition coefficient (Wildman–Crippen LogP) is 4.59. The first kappa shape index (κ1) is 14.0. The average Bonchev–Trinajstić information content (AvgIpc) is 2.94. The van der Waals surface area contributed by atoms with Gasteiger partial charge in [-0.1, -0.05) is 24.3 Å². The minimum atomic E-state index is -1.23. The Morgan fingerprint density at radius 1 is 0.864 bits per heavy atom. The molecule has 0 aliphatic rings. The molecule has 110 valence electrons. The number of carbonyl (C=O) groups is 1. The van der Waals surface area contributed by atoms with Crippen molar-refractivity contribution in [2.45, 2.75) is 0 Å². The van der Waals surface area contributed by atoms with Gasteiger partial charge in [0.15, 0.2) is 0 Å². The quantitative estimate of drug-likeness (QED) is 0.769. The van der Waals surface area contributed by atoms with Crippen LogP contribution >= 0.6 is 0 Å². The lowest BCUT2D eigenvalue weighted by Gasteiger charge is -2.05. The molecule has 3 rings (SSSR count). The largest absolute Gasteiger partial charge is 0.475 e. The molecule has 0 aliphatic carbocycles. The molecule has 0 saturated carbocycles. The van der Waals surface area contributed by atoms with Crippen LogP contribution in [-0.4, -0.2) is 11.1 Å². The van der Waals surface area contributed by atoms with Crippen molar-refractivity contribution in [3.63, 3.8) is 0 Å². The van der Waals surface area contributed by atoms with Gasteiger partial charge in [0.25, 0.3) is 0 Å². The van der Waals surface area contributed by atoms with Crippen LogP contribution < -0.4 is 0 Å². The molecule has 0 spiro atoms. The van der Waals surface area contributed by atoms with Crippen molar-refractivity contribution in [1.82, 2.24) is 0 Å². The van der Waals surface area contributed by atoms with Crippen LogP contribution in [0.25, 0.3) is 22.3 Å². The van der Waals surface area contributed by atoms with E-state index in [1.165, 1.54) is 54.8 Å². The van der Waals surface area contributed by atoms with Gasteiger partial charge in [-0.05, 0) is 35.4 Å². The first-order chi connectivity index (χ1) is 10.6. The van der Waals surface area contributed by atoms with E-state index in [1.807, 2.05) is 0 Å². The summed E-state index contributed by atoms with van der Waals surface area (Å²) in [6.07, 6.45) is 1.30. The average molecular weight is 300 g/mol. The lowest BCUT2D eigenvalue weighted by atomic mass is 9.97. The number of benzene rings is 2. The molecule has 3 aromatic rings. The summed E-state index contributed by atoms with van der Waals surface area (Å²) in [4.78, 5) is 11.3. The fourth-order valence-electron chi connectivity index (χ4n) is 2.26. The highest BCUT2D eigenvalue weighted by Crippen LogP contribution is 2.36. The maximum absolute atomic E-state index is 13.1. The Morgan fingerprint density at radius 3 is 1.86 bits per heavy atom. The number of aromatic carboxylic acids is 1. The van der Waals surface area contributed by atoms with Gasteiger partial charge in [-0.15, -0.1) is 0 Å². The van der Waals surface area contributed by atoms with E-state index in [0.29, 0.717) is 22.3 Å². The summed E-state index contributed by atoms with van der Waals surface area (Å²) in [6, 6.07) is 11.0. The SMILES string of the molecule is O=C(O)c1occ(-c2ccc(F)cc2)c1-c1ccc(F)cc1. The van der Waals surface area contributed by atoms with Crippen LogP contribution in [0.2, 0.25) is 0 Å². The highest BCUT2D eigenvalue weighted by Gasteiger charge is 2.22. The van der Waals surface area contributed by atoms with Crippen molar-refractivity contribution in [2.24, 2.45) is 0 Å². The van der Waals surface area contributed by atoms with Crippen LogP contribution in [0.1, 0.15) is 10.6 Å². The Kier molecular flexibility index (Phi) is 3.47. The van der Waals surface area contributed by atoms with Crippen LogP contribution in [0.5, 0.6) is 0 Å². The Hall–Kier alpha value is -2.95. The summed E-state index contributed by atoms with van der Waals surface area (Å²) in [7, 11) is 0. The van der Waals surface area contributed by atoms with Crippen molar-refractivity contribution in [1.29, 1.82) is 0 Å². The number of hydrogen-bond acceptors (Lipinski definition) is 2. The maximum Gasteiger partial charge on any atom is 0.372 e. The first-order valence-electron chi connectivity index (χ1n) is 6.43. The van der Waals surface area contributed by atoms with Crippen molar-refractivity contribution < 1.29 is 23.1 Å². The molecule has 0 fully saturated rings. The zero-order chi connectivity index (χ0) is 15.7. The van der Waals surface area contributed by atoms with E-state index < -0.39 is 17.6 Å². The molecule has 0 saturated heterocycles. The molecule has 0 amide bonds. The molecular formula is C17H10F2O3. The molecular weight excluding hydrogens is 290 g/mol. The molecule has 0 aliphatic heterocycles. The van der Waals surface area contributed by atoms with E-state index in [2.05, 4.69) is 0 Å². The molecule has 0 radical (unpaired) electrons. The number of carboxylic acid groups (broad SMARTS) is 1. The van der Waals surface area contributed by atoms with E-state index in [0.717, 1.165) is 0 Å². The van der Waals surface area contributed by atoms with Crippen molar-refractivity contribution in [2.75, 3.05) is 0 Å². The fraction of sp³-hybridized carbons (Fsp3) is 0. The third-order valence-electron chi connectivity index (χ3n) is 3.27. The van der Waals surface area contributed by atoms with Gasteiger partial charge in [0.1, 0.15) is 17.9 Å². The van der Waals surface area contributed by atoms with Crippen molar-refractivity contribution in [3.8, 4) is 22.3 Å². The minimum absolute atomic E-state index is 0.245. The molecule has 3 nitrogen and oxygen atoms in total. The lowest BCUT2D eigenvalue weighted by molar-refractivity contribution is 0.0663. The Morgan fingerprint density at radius 2 is 1.36 bits per heavy atom. The van der Waals surface area contributed by atoms with Gasteiger partial charge in [-0.25, -0.2) is 13.6 Å². The smallest absolute Gasteiger partial charge is 0.372 e. The van der Waals surface area contributed by atoms with Gasteiger partial charge in [0.05, 0.1) is 0 Å². The van der Waals surface area contributed by atoms with Gasteiger partial charge in [-0.3, -0.25) is 0 Å². The molecule has 0 atom stereocenters. The van der Waals surface area contributed by atoms with E-state index >= 15 is 0 Å². The van der Waals surface area contributed by atoms with Gasteiger partial charge >= 0.3 is 5.97 Å².